The van der Waals surface area contributed by atoms with Gasteiger partial charge in [-0.15, -0.1) is 0 Å². The summed E-state index contributed by atoms with van der Waals surface area (Å²) in [5.41, 5.74) is 0. The fourth-order valence-electron chi connectivity index (χ4n) is 1.68. The van der Waals surface area contributed by atoms with Gasteiger partial charge in [0.25, 0.3) is 0 Å². The largest absolute Gasteiger partial charge is 0.481 e. The van der Waals surface area contributed by atoms with Gasteiger partial charge in [0.05, 0.1) is 0 Å². The monoisotopic (exact) mass is 229 g/mol. The van der Waals surface area contributed by atoms with E-state index in [4.69, 9.17) is 5.11 Å². The minimum absolute atomic E-state index is 0.337. The van der Waals surface area contributed by atoms with Crippen LogP contribution in [0.4, 0.5) is 0 Å². The molecule has 0 atom stereocenters. The van der Waals surface area contributed by atoms with E-state index < -0.39 is 5.97 Å². The molecule has 0 aromatic rings. The van der Waals surface area contributed by atoms with Gasteiger partial charge in [0.15, 0.2) is 0 Å². The predicted molar refractivity (Wildman–Crippen MR) is 67.7 cm³/mol. The molecule has 1 fully saturated rings. The number of nitrogens with one attached hydrogen (secondary N) is 1. The van der Waals surface area contributed by atoms with Crippen molar-refractivity contribution in [3.05, 3.63) is 0 Å². The summed E-state index contributed by atoms with van der Waals surface area (Å²) in [6.07, 6.45) is 10.1. The van der Waals surface area contributed by atoms with E-state index in [0.29, 0.717) is 6.42 Å². The van der Waals surface area contributed by atoms with Crippen LogP contribution in [0.1, 0.15) is 64.7 Å². The normalized spacial score (nSPS) is 15.1. The van der Waals surface area contributed by atoms with Gasteiger partial charge in [0.1, 0.15) is 0 Å². The Labute approximate surface area is 99.6 Å². The van der Waals surface area contributed by atoms with E-state index in [0.717, 1.165) is 12.8 Å². The zero-order valence-electron chi connectivity index (χ0n) is 10.6. The molecule has 1 aliphatic rings. The third-order valence-electron chi connectivity index (χ3n) is 2.70. The molecule has 3 heteroatoms. The summed E-state index contributed by atoms with van der Waals surface area (Å²) in [4.78, 5) is 10.0. The Balaban J connectivity index is 0.000000315. The minimum atomic E-state index is -0.670. The molecule has 0 aromatic heterocycles. The van der Waals surface area contributed by atoms with E-state index in [2.05, 4.69) is 12.2 Å². The van der Waals surface area contributed by atoms with E-state index in [1.807, 2.05) is 0 Å². The van der Waals surface area contributed by atoms with Crippen molar-refractivity contribution < 1.29 is 9.90 Å². The molecule has 0 saturated carbocycles. The van der Waals surface area contributed by atoms with Crippen LogP contribution in [0.25, 0.3) is 0 Å². The molecule has 3 nitrogen and oxygen atoms in total. The number of rotatable bonds is 6. The molecule has 1 saturated heterocycles. The average Bonchev–Trinajstić information content (AvgIpc) is 2.31. The van der Waals surface area contributed by atoms with Crippen molar-refractivity contribution in [2.45, 2.75) is 64.7 Å². The highest BCUT2D eigenvalue weighted by molar-refractivity contribution is 5.66. The van der Waals surface area contributed by atoms with E-state index in [-0.39, 0.29) is 0 Å². The van der Waals surface area contributed by atoms with Gasteiger partial charge < -0.3 is 10.4 Å². The number of piperidine rings is 1. The molecular weight excluding hydrogens is 202 g/mol. The molecule has 0 radical (unpaired) electrons. The zero-order valence-corrected chi connectivity index (χ0v) is 10.6. The zero-order chi connectivity index (χ0) is 12.1. The van der Waals surface area contributed by atoms with Crippen molar-refractivity contribution in [2.75, 3.05) is 13.1 Å². The first-order chi connectivity index (χ1) is 7.77. The second-order valence-electron chi connectivity index (χ2n) is 4.37. The fraction of sp³-hybridized carbons (Fsp3) is 0.923. The second-order valence-corrected chi connectivity index (χ2v) is 4.37. The van der Waals surface area contributed by atoms with Crippen LogP contribution in [0.2, 0.25) is 0 Å². The summed E-state index contributed by atoms with van der Waals surface area (Å²) in [7, 11) is 0. The van der Waals surface area contributed by atoms with E-state index >= 15 is 0 Å². The van der Waals surface area contributed by atoms with Gasteiger partial charge in [-0.2, -0.15) is 0 Å². The Bertz CT molecular complexity index is 145. The molecule has 0 unspecified atom stereocenters. The molecule has 0 spiro atoms. The van der Waals surface area contributed by atoms with Crippen molar-refractivity contribution in [3.8, 4) is 0 Å². The van der Waals surface area contributed by atoms with Gasteiger partial charge in [-0.25, -0.2) is 0 Å². The molecule has 1 aliphatic heterocycles. The Morgan fingerprint density at radius 2 is 1.69 bits per heavy atom. The third kappa shape index (κ3) is 13.4. The number of carbonyl (C=O) groups is 1. The Kier molecular flexibility index (Phi) is 12.1. The number of aliphatic carboxylic acids is 1. The van der Waals surface area contributed by atoms with Crippen molar-refractivity contribution >= 4 is 5.97 Å². The lowest BCUT2D eigenvalue weighted by atomic mass is 10.1. The lowest BCUT2D eigenvalue weighted by Gasteiger charge is -2.08. The molecule has 0 aliphatic carbocycles. The molecule has 96 valence electrons. The maximum absolute atomic E-state index is 10.0. The number of carboxylic acids is 1. The van der Waals surface area contributed by atoms with Crippen LogP contribution in [0.15, 0.2) is 0 Å². The van der Waals surface area contributed by atoms with Crippen LogP contribution in [0, 0.1) is 0 Å². The summed E-state index contributed by atoms with van der Waals surface area (Å²) in [6.45, 7) is 4.65. The van der Waals surface area contributed by atoms with Crippen molar-refractivity contribution in [3.63, 3.8) is 0 Å². The fourth-order valence-corrected chi connectivity index (χ4v) is 1.68. The molecule has 0 amide bonds. The van der Waals surface area contributed by atoms with Gasteiger partial charge in [0, 0.05) is 6.42 Å². The van der Waals surface area contributed by atoms with Crippen molar-refractivity contribution in [1.29, 1.82) is 0 Å². The summed E-state index contributed by atoms with van der Waals surface area (Å²) in [5, 5.41) is 11.6. The maximum Gasteiger partial charge on any atom is 0.303 e. The lowest BCUT2D eigenvalue weighted by molar-refractivity contribution is -0.137. The average molecular weight is 229 g/mol. The summed E-state index contributed by atoms with van der Waals surface area (Å²) < 4.78 is 0. The van der Waals surface area contributed by atoms with Gasteiger partial charge in [0.2, 0.25) is 0 Å². The molecule has 2 N–H and O–H groups in total. The molecule has 1 heterocycles. The van der Waals surface area contributed by atoms with Gasteiger partial charge in [-0.05, 0) is 32.4 Å². The summed E-state index contributed by atoms with van der Waals surface area (Å²) in [5.74, 6) is -0.670. The highest BCUT2D eigenvalue weighted by atomic mass is 16.4. The van der Waals surface area contributed by atoms with Crippen molar-refractivity contribution in [1.82, 2.24) is 5.32 Å². The Morgan fingerprint density at radius 1 is 1.06 bits per heavy atom. The van der Waals surface area contributed by atoms with E-state index in [1.165, 1.54) is 51.6 Å². The predicted octanol–water partition coefficient (Wildman–Crippen LogP) is 3.19. The smallest absolute Gasteiger partial charge is 0.303 e. The van der Waals surface area contributed by atoms with Crippen LogP contribution in [-0.2, 0) is 4.79 Å². The topological polar surface area (TPSA) is 49.3 Å². The first kappa shape index (κ1) is 15.4. The molecular formula is C13H27NO2. The van der Waals surface area contributed by atoms with E-state index in [1.54, 1.807) is 0 Å². The molecule has 16 heavy (non-hydrogen) atoms. The second kappa shape index (κ2) is 12.5. The van der Waals surface area contributed by atoms with Gasteiger partial charge >= 0.3 is 5.97 Å². The van der Waals surface area contributed by atoms with Crippen LogP contribution in [0.5, 0.6) is 0 Å². The number of hydrogen-bond donors (Lipinski definition) is 2. The van der Waals surface area contributed by atoms with E-state index in [9.17, 15) is 4.79 Å². The summed E-state index contributed by atoms with van der Waals surface area (Å²) >= 11 is 0. The van der Waals surface area contributed by atoms with Crippen LogP contribution in [0.3, 0.4) is 0 Å². The molecule has 0 aromatic carbocycles. The van der Waals surface area contributed by atoms with Crippen LogP contribution in [-0.4, -0.2) is 24.2 Å². The van der Waals surface area contributed by atoms with Crippen LogP contribution >= 0.6 is 0 Å². The SMILES string of the molecule is C1CCNCC1.CCCCCCCC(=O)O. The molecule has 0 bridgehead atoms. The minimum Gasteiger partial charge on any atom is -0.481 e. The maximum atomic E-state index is 10.0. The highest BCUT2D eigenvalue weighted by Crippen LogP contribution is 2.04. The standard InChI is InChI=1S/C8H16O2.C5H11N/c1-2-3-4-5-6-7-8(9)10;1-2-4-6-5-3-1/h2-7H2,1H3,(H,9,10);6H,1-5H2. The number of carboxylic acid groups (broad SMARTS) is 1. The lowest BCUT2D eigenvalue weighted by Crippen LogP contribution is -2.21. The number of hydrogen-bond acceptors (Lipinski definition) is 2. The number of unbranched alkanes of at least 4 members (excludes halogenated alkanes) is 4. The van der Waals surface area contributed by atoms with Crippen molar-refractivity contribution in [2.24, 2.45) is 0 Å². The first-order valence-electron chi connectivity index (χ1n) is 6.70. The van der Waals surface area contributed by atoms with Crippen LogP contribution < -0.4 is 5.32 Å². The van der Waals surface area contributed by atoms with Gasteiger partial charge in [-0.3, -0.25) is 4.79 Å². The third-order valence-corrected chi connectivity index (χ3v) is 2.70. The Hall–Kier alpha value is -0.570. The van der Waals surface area contributed by atoms with Gasteiger partial charge in [-0.1, -0.05) is 39.0 Å². The summed E-state index contributed by atoms with van der Waals surface area (Å²) in [6, 6.07) is 0. The quantitative estimate of drug-likeness (QED) is 0.688. The first-order valence-corrected chi connectivity index (χ1v) is 6.70. The highest BCUT2D eigenvalue weighted by Gasteiger charge is 1.95. The molecule has 1 rings (SSSR count). The Morgan fingerprint density at radius 3 is 2.06 bits per heavy atom.